The zero-order chi connectivity index (χ0) is 19.8. The highest BCUT2D eigenvalue weighted by Crippen LogP contribution is 2.30. The van der Waals surface area contributed by atoms with Crippen molar-refractivity contribution < 1.29 is 0 Å². The van der Waals surface area contributed by atoms with Gasteiger partial charge < -0.3 is 15.5 Å². The van der Waals surface area contributed by atoms with Gasteiger partial charge in [0.1, 0.15) is 0 Å². The maximum atomic E-state index is 4.88. The van der Waals surface area contributed by atoms with Crippen LogP contribution in [0.3, 0.4) is 0 Å². The molecule has 29 heavy (non-hydrogen) atoms. The van der Waals surface area contributed by atoms with E-state index in [2.05, 4.69) is 53.5 Å². The number of nitrogens with zero attached hydrogens (tertiary/aromatic N) is 3. The van der Waals surface area contributed by atoms with Gasteiger partial charge in [-0.05, 0) is 84.4 Å². The van der Waals surface area contributed by atoms with Crippen LogP contribution in [0.15, 0.2) is 17.1 Å². The van der Waals surface area contributed by atoms with Crippen LogP contribution in [0.2, 0.25) is 0 Å². The topological polar surface area (TPSA) is 42.9 Å². The third-order valence-electron chi connectivity index (χ3n) is 6.33. The normalized spacial score (nSPS) is 20.9. The summed E-state index contributed by atoms with van der Waals surface area (Å²) >= 11 is 1.88. The van der Waals surface area contributed by atoms with Crippen molar-refractivity contribution >= 4 is 41.3 Å². The first-order valence-electron chi connectivity index (χ1n) is 11.2. The molecule has 5 nitrogen and oxygen atoms in total. The summed E-state index contributed by atoms with van der Waals surface area (Å²) in [7, 11) is 2.25. The predicted octanol–water partition coefficient (Wildman–Crippen LogP) is 3.93. The lowest BCUT2D eigenvalue weighted by Crippen LogP contribution is -2.62. The van der Waals surface area contributed by atoms with E-state index < -0.39 is 0 Å². The van der Waals surface area contributed by atoms with Gasteiger partial charge in [-0.1, -0.05) is 13.3 Å². The molecule has 0 spiro atoms. The van der Waals surface area contributed by atoms with Crippen LogP contribution in [0.1, 0.15) is 55.7 Å². The second kappa shape index (κ2) is 12.5. The molecule has 0 radical (unpaired) electrons. The minimum Gasteiger partial charge on any atom is -0.357 e. The highest BCUT2D eigenvalue weighted by molar-refractivity contribution is 14.0. The molecule has 1 aromatic heterocycles. The third kappa shape index (κ3) is 7.08. The van der Waals surface area contributed by atoms with Gasteiger partial charge in [0.25, 0.3) is 0 Å². The summed E-state index contributed by atoms with van der Waals surface area (Å²) in [5.74, 6) is 0.962. The van der Waals surface area contributed by atoms with Gasteiger partial charge in [0.15, 0.2) is 5.96 Å². The van der Waals surface area contributed by atoms with Crippen molar-refractivity contribution in [2.24, 2.45) is 4.99 Å². The molecule has 0 aliphatic carbocycles. The lowest BCUT2D eigenvalue weighted by molar-refractivity contribution is 0.0173. The van der Waals surface area contributed by atoms with E-state index in [9.17, 15) is 0 Å². The third-order valence-corrected chi connectivity index (χ3v) is 7.55. The molecule has 0 bridgehead atoms. The van der Waals surface area contributed by atoms with Crippen LogP contribution in [0, 0.1) is 0 Å². The van der Waals surface area contributed by atoms with E-state index in [1.54, 1.807) is 0 Å². The zero-order valence-electron chi connectivity index (χ0n) is 18.5. The van der Waals surface area contributed by atoms with Gasteiger partial charge in [-0.2, -0.15) is 0 Å². The van der Waals surface area contributed by atoms with Crippen LogP contribution in [-0.2, 0) is 13.0 Å². The van der Waals surface area contributed by atoms with Crippen molar-refractivity contribution in [3.63, 3.8) is 0 Å². The van der Waals surface area contributed by atoms with Gasteiger partial charge in [-0.25, -0.2) is 4.99 Å². The van der Waals surface area contributed by atoms with Crippen molar-refractivity contribution in [1.29, 1.82) is 0 Å². The maximum Gasteiger partial charge on any atom is 0.191 e. The molecule has 3 heterocycles. The lowest BCUT2D eigenvalue weighted by Gasteiger charge is -2.50. The molecular weight excluding hydrogens is 493 g/mol. The molecular formula is C22H40IN5S. The molecule has 2 aliphatic heterocycles. The Morgan fingerprint density at radius 3 is 2.34 bits per heavy atom. The highest BCUT2D eigenvalue weighted by atomic mass is 127. The highest BCUT2D eigenvalue weighted by Gasteiger charge is 2.39. The molecule has 0 unspecified atom stereocenters. The minimum atomic E-state index is 0. The number of aryl methyl sites for hydroxylation is 1. The molecule has 0 saturated carbocycles. The number of piperidine rings is 2. The first-order valence-corrected chi connectivity index (χ1v) is 12.0. The quantitative estimate of drug-likeness (QED) is 0.317. The van der Waals surface area contributed by atoms with E-state index in [1.807, 2.05) is 11.3 Å². The van der Waals surface area contributed by atoms with Crippen molar-refractivity contribution in [2.75, 3.05) is 46.3 Å². The lowest BCUT2D eigenvalue weighted by atomic mass is 9.84. The van der Waals surface area contributed by atoms with Crippen LogP contribution in [0.25, 0.3) is 0 Å². The molecule has 7 heteroatoms. The first-order chi connectivity index (χ1) is 13.6. The van der Waals surface area contributed by atoms with Crippen molar-refractivity contribution in [1.82, 2.24) is 20.4 Å². The number of rotatable bonds is 7. The van der Waals surface area contributed by atoms with Crippen LogP contribution >= 0.6 is 35.3 Å². The van der Waals surface area contributed by atoms with Gasteiger partial charge >= 0.3 is 0 Å². The van der Waals surface area contributed by atoms with Crippen molar-refractivity contribution in [3.8, 4) is 0 Å². The van der Waals surface area contributed by atoms with E-state index in [-0.39, 0.29) is 29.5 Å². The smallest absolute Gasteiger partial charge is 0.191 e. The van der Waals surface area contributed by atoms with E-state index in [4.69, 9.17) is 4.99 Å². The number of aliphatic imine (C=N–C) groups is 1. The van der Waals surface area contributed by atoms with Gasteiger partial charge in [0.2, 0.25) is 0 Å². The summed E-state index contributed by atoms with van der Waals surface area (Å²) in [5.41, 5.74) is 0.279. The van der Waals surface area contributed by atoms with E-state index >= 15 is 0 Å². The SMILES string of the molecule is CCNC(=NCc1ccc(CC)s1)NCC1(N2CCCCC2)CCN(C)CC1.I. The molecule has 0 aromatic carbocycles. The van der Waals surface area contributed by atoms with Crippen molar-refractivity contribution in [2.45, 2.75) is 64.5 Å². The summed E-state index contributed by atoms with van der Waals surface area (Å²) in [4.78, 5) is 12.9. The van der Waals surface area contributed by atoms with Crippen LogP contribution in [-0.4, -0.2) is 67.6 Å². The molecule has 0 atom stereocenters. The van der Waals surface area contributed by atoms with Gasteiger partial charge in [0.05, 0.1) is 6.54 Å². The number of hydrogen-bond acceptors (Lipinski definition) is 4. The second-order valence-corrected chi connectivity index (χ2v) is 9.60. The van der Waals surface area contributed by atoms with E-state index in [0.29, 0.717) is 0 Å². The van der Waals surface area contributed by atoms with Gasteiger partial charge in [-0.3, -0.25) is 4.90 Å². The fourth-order valence-electron chi connectivity index (χ4n) is 4.45. The number of thiophene rings is 1. The van der Waals surface area contributed by atoms with Crippen LogP contribution in [0.4, 0.5) is 0 Å². The van der Waals surface area contributed by atoms with E-state index in [0.717, 1.165) is 32.0 Å². The Bertz CT molecular complexity index is 618. The first kappa shape index (κ1) is 24.9. The molecule has 166 valence electrons. The Morgan fingerprint density at radius 2 is 1.72 bits per heavy atom. The average Bonchev–Trinajstić information content (AvgIpc) is 3.20. The largest absolute Gasteiger partial charge is 0.357 e. The van der Waals surface area contributed by atoms with Crippen LogP contribution < -0.4 is 10.6 Å². The number of guanidine groups is 1. The maximum absolute atomic E-state index is 4.88. The molecule has 2 N–H and O–H groups in total. The molecule has 3 rings (SSSR count). The predicted molar refractivity (Wildman–Crippen MR) is 137 cm³/mol. The Morgan fingerprint density at radius 1 is 1.03 bits per heavy atom. The Hall–Kier alpha value is -0.380. The molecule has 2 saturated heterocycles. The Balaban J connectivity index is 0.00000300. The Labute approximate surface area is 198 Å². The standard InChI is InChI=1S/C22H39N5S.HI/c1-4-19-9-10-20(28-19)17-24-21(23-5-2)25-18-22(11-15-26(3)16-12-22)27-13-7-6-8-14-27;/h9-10H,4-8,11-18H2,1-3H3,(H2,23,24,25);1H. The summed E-state index contributed by atoms with van der Waals surface area (Å²) in [6.07, 6.45) is 7.71. The fourth-order valence-corrected chi connectivity index (χ4v) is 5.33. The number of halogens is 1. The number of nitrogens with one attached hydrogen (secondary N) is 2. The van der Waals surface area contributed by atoms with Gasteiger partial charge in [0, 0.05) is 28.4 Å². The summed E-state index contributed by atoms with van der Waals surface area (Å²) < 4.78 is 0. The summed E-state index contributed by atoms with van der Waals surface area (Å²) in [6.45, 7) is 11.9. The monoisotopic (exact) mass is 533 g/mol. The van der Waals surface area contributed by atoms with Gasteiger partial charge in [-0.15, -0.1) is 35.3 Å². The Kier molecular flexibility index (Phi) is 10.7. The molecule has 2 aliphatic rings. The zero-order valence-corrected chi connectivity index (χ0v) is 21.7. The van der Waals surface area contributed by atoms with E-state index in [1.165, 1.54) is 68.0 Å². The average molecular weight is 534 g/mol. The summed E-state index contributed by atoms with van der Waals surface area (Å²) in [5, 5.41) is 7.17. The molecule has 2 fully saturated rings. The molecule has 1 aromatic rings. The number of hydrogen-bond donors (Lipinski definition) is 2. The second-order valence-electron chi connectivity index (χ2n) is 8.35. The minimum absolute atomic E-state index is 0. The van der Waals surface area contributed by atoms with Crippen LogP contribution in [0.5, 0.6) is 0 Å². The molecule has 0 amide bonds. The van der Waals surface area contributed by atoms with Crippen molar-refractivity contribution in [3.05, 3.63) is 21.9 Å². The summed E-state index contributed by atoms with van der Waals surface area (Å²) in [6, 6.07) is 4.46. The fraction of sp³-hybridized carbons (Fsp3) is 0.773. The number of likely N-dealkylation sites (tertiary alicyclic amines) is 2.